The van der Waals surface area contributed by atoms with Gasteiger partial charge in [0.1, 0.15) is 5.25 Å². The number of carbonyl (C=O) groups is 2. The summed E-state index contributed by atoms with van der Waals surface area (Å²) in [4.78, 5) is 22.8. The third-order valence-corrected chi connectivity index (χ3v) is 5.90. The maximum Gasteiger partial charge on any atom is 0.316 e. The molecule has 0 aromatic heterocycles. The van der Waals surface area contributed by atoms with Gasteiger partial charge in [-0.25, -0.2) is 0 Å². The lowest BCUT2D eigenvalue weighted by atomic mass is 9.53. The maximum atomic E-state index is 12.0. The molecule has 4 nitrogen and oxygen atoms in total. The van der Waals surface area contributed by atoms with Gasteiger partial charge < -0.3 is 10.4 Å². The lowest BCUT2D eigenvalue weighted by molar-refractivity contribution is -0.141. The van der Waals surface area contributed by atoms with E-state index in [1.165, 1.54) is 24.6 Å². The van der Waals surface area contributed by atoms with Gasteiger partial charge in [0.15, 0.2) is 0 Å². The molecule has 1 saturated heterocycles. The summed E-state index contributed by atoms with van der Waals surface area (Å²) in [5.41, 5.74) is 0. The minimum absolute atomic E-state index is 0.0627. The van der Waals surface area contributed by atoms with Crippen LogP contribution in [0.3, 0.4) is 0 Å². The first-order chi connectivity index (χ1) is 8.15. The molecule has 3 rings (SSSR count). The highest BCUT2D eigenvalue weighted by Gasteiger charge is 2.50. The summed E-state index contributed by atoms with van der Waals surface area (Å²) in [6.07, 6.45) is 4.14. The van der Waals surface area contributed by atoms with Gasteiger partial charge in [-0.1, -0.05) is 0 Å². The van der Waals surface area contributed by atoms with Crippen molar-refractivity contribution in [3.8, 4) is 0 Å². The predicted octanol–water partition coefficient (Wildman–Crippen LogP) is 1.11. The van der Waals surface area contributed by atoms with Crippen molar-refractivity contribution in [2.24, 2.45) is 17.8 Å². The van der Waals surface area contributed by atoms with Crippen molar-refractivity contribution < 1.29 is 14.7 Å². The molecule has 2 N–H and O–H groups in total. The Labute approximate surface area is 105 Å². The molecule has 0 aromatic carbocycles. The van der Waals surface area contributed by atoms with Crippen LogP contribution in [0.5, 0.6) is 0 Å². The van der Waals surface area contributed by atoms with Gasteiger partial charge in [0, 0.05) is 17.7 Å². The summed E-state index contributed by atoms with van der Waals surface area (Å²) in [5, 5.41) is 11.6. The molecule has 0 spiro atoms. The summed E-state index contributed by atoms with van der Waals surface area (Å²) < 4.78 is 0. The molecule has 1 amide bonds. The van der Waals surface area contributed by atoms with Crippen molar-refractivity contribution in [2.75, 3.05) is 5.75 Å². The maximum absolute atomic E-state index is 12.0. The third kappa shape index (κ3) is 1.94. The second-order valence-electron chi connectivity index (χ2n) is 5.44. The van der Waals surface area contributed by atoms with Gasteiger partial charge in [-0.15, -0.1) is 11.8 Å². The van der Waals surface area contributed by atoms with Crippen LogP contribution in [0.4, 0.5) is 0 Å². The van der Waals surface area contributed by atoms with Crippen LogP contribution in [0.15, 0.2) is 0 Å². The van der Waals surface area contributed by atoms with E-state index >= 15 is 0 Å². The third-order valence-electron chi connectivity index (χ3n) is 4.51. The summed E-state index contributed by atoms with van der Waals surface area (Å²) in [6, 6.07) is 0.0627. The molecule has 5 heteroatoms. The monoisotopic (exact) mass is 255 g/mol. The Bertz CT molecular complexity index is 360. The molecule has 1 heterocycles. The first-order valence-electron chi connectivity index (χ1n) is 6.30. The largest absolute Gasteiger partial charge is 0.480 e. The molecule has 0 bridgehead atoms. The quantitative estimate of drug-likeness (QED) is 0.792. The number of aliphatic carboxylic acids is 1. The van der Waals surface area contributed by atoms with Crippen LogP contribution >= 0.6 is 11.8 Å². The van der Waals surface area contributed by atoms with Crippen molar-refractivity contribution in [3.63, 3.8) is 0 Å². The molecule has 3 fully saturated rings. The van der Waals surface area contributed by atoms with Gasteiger partial charge in [0.25, 0.3) is 0 Å². The van der Waals surface area contributed by atoms with Gasteiger partial charge in [-0.2, -0.15) is 0 Å². The van der Waals surface area contributed by atoms with Crippen LogP contribution in [-0.4, -0.2) is 34.0 Å². The molecule has 1 unspecified atom stereocenters. The molecule has 0 radical (unpaired) electrons. The van der Waals surface area contributed by atoms with E-state index < -0.39 is 5.97 Å². The standard InChI is InChI=1S/C12H17NO3S/c14-11(9-3-6-1-2-8(6)9)13-7-4-10(12(15)16)17-5-7/h6-10H,1-5H2,(H,13,14)(H,15,16)/t6-,7-,8-,9?,10-/m0/s1. The summed E-state index contributed by atoms with van der Waals surface area (Å²) >= 11 is 1.44. The SMILES string of the molecule is O=C(N[C@@H]1CS[C@H](C(=O)O)C1)C1C[C@@H]2CC[C@H]12. The number of amides is 1. The minimum Gasteiger partial charge on any atom is -0.480 e. The summed E-state index contributed by atoms with van der Waals surface area (Å²) in [6.45, 7) is 0. The van der Waals surface area contributed by atoms with E-state index in [1.54, 1.807) is 0 Å². The molecule has 3 aliphatic rings. The van der Waals surface area contributed by atoms with E-state index in [4.69, 9.17) is 5.11 Å². The second kappa shape index (κ2) is 4.19. The fourth-order valence-corrected chi connectivity index (χ4v) is 4.43. The fraction of sp³-hybridized carbons (Fsp3) is 0.833. The zero-order valence-corrected chi connectivity index (χ0v) is 10.4. The van der Waals surface area contributed by atoms with Crippen molar-refractivity contribution >= 4 is 23.6 Å². The number of hydrogen-bond donors (Lipinski definition) is 2. The lowest BCUT2D eigenvalue weighted by Crippen LogP contribution is -2.53. The number of thioether (sulfide) groups is 1. The summed E-state index contributed by atoms with van der Waals surface area (Å²) in [5.74, 6) is 1.83. The van der Waals surface area contributed by atoms with Crippen LogP contribution in [0.25, 0.3) is 0 Å². The van der Waals surface area contributed by atoms with Crippen LogP contribution in [0.1, 0.15) is 25.7 Å². The molecule has 5 atom stereocenters. The average molecular weight is 255 g/mol. The Morgan fingerprint density at radius 1 is 1.24 bits per heavy atom. The smallest absolute Gasteiger partial charge is 0.316 e. The Hall–Kier alpha value is -0.710. The highest BCUT2D eigenvalue weighted by molar-refractivity contribution is 8.00. The van der Waals surface area contributed by atoms with Gasteiger partial charge in [-0.05, 0) is 37.5 Å². The van der Waals surface area contributed by atoms with Crippen molar-refractivity contribution in [1.82, 2.24) is 5.32 Å². The highest BCUT2D eigenvalue weighted by Crippen LogP contribution is 2.54. The molecule has 0 aromatic rings. The first-order valence-corrected chi connectivity index (χ1v) is 7.35. The van der Waals surface area contributed by atoms with E-state index in [0.29, 0.717) is 12.3 Å². The molecular weight excluding hydrogens is 238 g/mol. The van der Waals surface area contributed by atoms with Gasteiger partial charge in [-0.3, -0.25) is 9.59 Å². The number of nitrogens with one attached hydrogen (secondary N) is 1. The van der Waals surface area contributed by atoms with Crippen LogP contribution < -0.4 is 5.32 Å². The van der Waals surface area contributed by atoms with Gasteiger partial charge in [0.2, 0.25) is 5.91 Å². The predicted molar refractivity (Wildman–Crippen MR) is 64.8 cm³/mol. The Kier molecular flexibility index (Phi) is 2.81. The van der Waals surface area contributed by atoms with E-state index in [9.17, 15) is 9.59 Å². The fourth-order valence-electron chi connectivity index (χ4n) is 3.23. The number of carboxylic acid groups (broad SMARTS) is 1. The molecule has 2 aliphatic carbocycles. The van der Waals surface area contributed by atoms with Crippen LogP contribution in [0, 0.1) is 17.8 Å². The first kappa shape index (κ1) is 11.4. The second-order valence-corrected chi connectivity index (χ2v) is 6.68. The van der Waals surface area contributed by atoms with Crippen LogP contribution in [-0.2, 0) is 9.59 Å². The Morgan fingerprint density at radius 2 is 2.06 bits per heavy atom. The lowest BCUT2D eigenvalue weighted by Gasteiger charge is -2.52. The average Bonchev–Trinajstić information content (AvgIpc) is 2.70. The normalized spacial score (nSPS) is 43.2. The van der Waals surface area contributed by atoms with E-state index in [-0.39, 0.29) is 23.1 Å². The topological polar surface area (TPSA) is 66.4 Å². The van der Waals surface area contributed by atoms with E-state index in [1.807, 2.05) is 0 Å². The van der Waals surface area contributed by atoms with Crippen LogP contribution in [0.2, 0.25) is 0 Å². The molecule has 1 aliphatic heterocycles. The zero-order chi connectivity index (χ0) is 12.0. The zero-order valence-electron chi connectivity index (χ0n) is 9.59. The number of carboxylic acids is 1. The number of rotatable bonds is 3. The van der Waals surface area contributed by atoms with E-state index in [0.717, 1.165) is 18.1 Å². The molecule has 2 saturated carbocycles. The molecule has 94 valence electrons. The van der Waals surface area contributed by atoms with Crippen molar-refractivity contribution in [2.45, 2.75) is 37.0 Å². The number of fused-ring (bicyclic) bond motifs is 1. The Morgan fingerprint density at radius 3 is 2.53 bits per heavy atom. The highest BCUT2D eigenvalue weighted by atomic mass is 32.2. The van der Waals surface area contributed by atoms with Gasteiger partial charge >= 0.3 is 5.97 Å². The van der Waals surface area contributed by atoms with Crippen molar-refractivity contribution in [1.29, 1.82) is 0 Å². The number of carbonyl (C=O) groups excluding carboxylic acids is 1. The summed E-state index contributed by atoms with van der Waals surface area (Å²) in [7, 11) is 0. The van der Waals surface area contributed by atoms with E-state index in [2.05, 4.69) is 5.32 Å². The van der Waals surface area contributed by atoms with Gasteiger partial charge in [0.05, 0.1) is 0 Å². The molecular formula is C12H17NO3S. The number of hydrogen-bond acceptors (Lipinski definition) is 3. The minimum atomic E-state index is -0.755. The molecule has 17 heavy (non-hydrogen) atoms. The Balaban J connectivity index is 1.48. The van der Waals surface area contributed by atoms with Crippen molar-refractivity contribution in [3.05, 3.63) is 0 Å².